The average Bonchev–Trinajstić information content (AvgIpc) is 2.68. The monoisotopic (exact) mass is 311 g/mol. The van der Waals surface area contributed by atoms with Crippen LogP contribution in [0.15, 0.2) is 27.3 Å². The second-order valence-electron chi connectivity index (χ2n) is 4.18. The molecule has 0 saturated carbocycles. The van der Waals surface area contributed by atoms with Gasteiger partial charge >= 0.3 is 0 Å². The summed E-state index contributed by atoms with van der Waals surface area (Å²) in [7, 11) is 1.59. The van der Waals surface area contributed by atoms with Crippen LogP contribution in [-0.4, -0.2) is 19.1 Å². The number of hydrogen-bond acceptors (Lipinski definition) is 3. The molecule has 1 heterocycles. The van der Waals surface area contributed by atoms with E-state index in [0.717, 1.165) is 5.39 Å². The van der Waals surface area contributed by atoms with Gasteiger partial charge in [-0.15, -0.1) is 0 Å². The molecule has 0 fully saturated rings. The van der Waals surface area contributed by atoms with Crippen molar-refractivity contribution in [3.8, 4) is 5.75 Å². The number of furan rings is 1. The number of rotatable bonds is 3. The molecule has 1 aromatic carbocycles. The minimum Gasteiger partial charge on any atom is -0.490 e. The summed E-state index contributed by atoms with van der Waals surface area (Å²) in [6.07, 6.45) is 0.0295. The van der Waals surface area contributed by atoms with Crippen LogP contribution in [0.3, 0.4) is 0 Å². The summed E-state index contributed by atoms with van der Waals surface area (Å²) >= 11 is 3.28. The molecule has 4 nitrogen and oxygen atoms in total. The molecule has 0 aliphatic heterocycles. The predicted octanol–water partition coefficient (Wildman–Crippen LogP) is 3.34. The Morgan fingerprint density at radius 1 is 1.39 bits per heavy atom. The lowest BCUT2D eigenvalue weighted by Gasteiger charge is -2.11. The van der Waals surface area contributed by atoms with Crippen LogP contribution in [0.25, 0.3) is 11.0 Å². The molecular formula is C13H14BrNO3. The molecule has 0 radical (unpaired) electrons. The molecular weight excluding hydrogens is 298 g/mol. The summed E-state index contributed by atoms with van der Waals surface area (Å²) in [5.41, 5.74) is 1.14. The van der Waals surface area contributed by atoms with Gasteiger partial charge in [0, 0.05) is 18.7 Å². The van der Waals surface area contributed by atoms with Gasteiger partial charge in [0.2, 0.25) is 0 Å². The fourth-order valence-electron chi connectivity index (χ4n) is 1.70. The maximum atomic E-state index is 11.7. The Balaban J connectivity index is 2.60. The lowest BCUT2D eigenvalue weighted by Crippen LogP contribution is -2.18. The van der Waals surface area contributed by atoms with Gasteiger partial charge in [0.1, 0.15) is 11.3 Å². The molecule has 2 aromatic rings. The first-order valence-corrected chi connectivity index (χ1v) is 6.42. The van der Waals surface area contributed by atoms with Crippen LogP contribution in [0.4, 0.5) is 0 Å². The average molecular weight is 312 g/mol. The molecule has 5 heteroatoms. The van der Waals surface area contributed by atoms with Crippen LogP contribution < -0.4 is 10.1 Å². The standard InChI is InChI=1S/C13H14BrNO3/c1-7(2)17-10-4-8(13(16)15-3)5-11-9(10)6-12(14)18-11/h4-7H,1-3H3,(H,15,16). The van der Waals surface area contributed by atoms with Crippen molar-refractivity contribution in [3.05, 3.63) is 28.4 Å². The van der Waals surface area contributed by atoms with Gasteiger partial charge in [0.05, 0.1) is 11.5 Å². The van der Waals surface area contributed by atoms with Crippen LogP contribution in [0.5, 0.6) is 5.75 Å². The number of nitrogens with one attached hydrogen (secondary N) is 1. The first-order valence-electron chi connectivity index (χ1n) is 5.63. The third-order valence-electron chi connectivity index (χ3n) is 2.42. The van der Waals surface area contributed by atoms with E-state index in [-0.39, 0.29) is 12.0 Å². The van der Waals surface area contributed by atoms with Gasteiger partial charge < -0.3 is 14.5 Å². The molecule has 1 aromatic heterocycles. The molecule has 0 unspecified atom stereocenters. The Hall–Kier alpha value is -1.49. The number of amides is 1. The van der Waals surface area contributed by atoms with Crippen molar-refractivity contribution in [3.63, 3.8) is 0 Å². The molecule has 2 rings (SSSR count). The number of halogens is 1. The first-order chi connectivity index (χ1) is 8.51. The minimum absolute atomic E-state index is 0.0295. The molecule has 1 amide bonds. The number of fused-ring (bicyclic) bond motifs is 1. The van der Waals surface area contributed by atoms with Crippen LogP contribution in [0.2, 0.25) is 0 Å². The van der Waals surface area contributed by atoms with Gasteiger partial charge in [0.25, 0.3) is 5.91 Å². The van der Waals surface area contributed by atoms with Gasteiger partial charge in [-0.25, -0.2) is 0 Å². The predicted molar refractivity (Wildman–Crippen MR) is 73.1 cm³/mol. The van der Waals surface area contributed by atoms with E-state index in [4.69, 9.17) is 9.15 Å². The van der Waals surface area contributed by atoms with Crippen molar-refractivity contribution in [2.24, 2.45) is 0 Å². The lowest BCUT2D eigenvalue weighted by atomic mass is 10.1. The maximum Gasteiger partial charge on any atom is 0.251 e. The summed E-state index contributed by atoms with van der Waals surface area (Å²) in [4.78, 5) is 11.7. The molecule has 18 heavy (non-hydrogen) atoms. The highest BCUT2D eigenvalue weighted by Crippen LogP contribution is 2.33. The van der Waals surface area contributed by atoms with E-state index in [1.807, 2.05) is 19.9 Å². The van der Waals surface area contributed by atoms with E-state index in [9.17, 15) is 4.79 Å². The highest BCUT2D eigenvalue weighted by Gasteiger charge is 2.14. The molecule has 0 saturated heterocycles. The largest absolute Gasteiger partial charge is 0.490 e. The Morgan fingerprint density at radius 2 is 2.11 bits per heavy atom. The van der Waals surface area contributed by atoms with Crippen LogP contribution in [-0.2, 0) is 0 Å². The van der Waals surface area contributed by atoms with E-state index < -0.39 is 0 Å². The summed E-state index contributed by atoms with van der Waals surface area (Å²) in [6.45, 7) is 3.88. The van der Waals surface area contributed by atoms with E-state index in [2.05, 4.69) is 21.2 Å². The van der Waals surface area contributed by atoms with Gasteiger partial charge in [-0.05, 0) is 41.9 Å². The van der Waals surface area contributed by atoms with E-state index in [1.165, 1.54) is 0 Å². The number of ether oxygens (including phenoxy) is 1. The van der Waals surface area contributed by atoms with Crippen LogP contribution in [0.1, 0.15) is 24.2 Å². The highest BCUT2D eigenvalue weighted by atomic mass is 79.9. The number of carbonyl (C=O) groups excluding carboxylic acids is 1. The van der Waals surface area contributed by atoms with Gasteiger partial charge in [-0.1, -0.05) is 0 Å². The van der Waals surface area contributed by atoms with Crippen LogP contribution in [0, 0.1) is 0 Å². The first kappa shape index (κ1) is 13.0. The van der Waals surface area contributed by atoms with Crippen molar-refractivity contribution >= 4 is 32.8 Å². The van der Waals surface area contributed by atoms with Crippen molar-refractivity contribution in [1.29, 1.82) is 0 Å². The summed E-state index contributed by atoms with van der Waals surface area (Å²) < 4.78 is 11.8. The van der Waals surface area contributed by atoms with Crippen molar-refractivity contribution in [2.45, 2.75) is 20.0 Å². The van der Waals surface area contributed by atoms with Gasteiger partial charge in [-0.3, -0.25) is 4.79 Å². The zero-order valence-electron chi connectivity index (χ0n) is 10.4. The zero-order valence-corrected chi connectivity index (χ0v) is 12.0. The van der Waals surface area contributed by atoms with Crippen LogP contribution >= 0.6 is 15.9 Å². The van der Waals surface area contributed by atoms with E-state index in [0.29, 0.717) is 21.6 Å². The summed E-state index contributed by atoms with van der Waals surface area (Å²) in [5, 5.41) is 3.44. The molecule has 0 atom stereocenters. The van der Waals surface area contributed by atoms with Gasteiger partial charge in [0.15, 0.2) is 4.67 Å². The number of hydrogen-bond donors (Lipinski definition) is 1. The lowest BCUT2D eigenvalue weighted by molar-refractivity contribution is 0.0962. The number of carbonyl (C=O) groups is 1. The van der Waals surface area contributed by atoms with E-state index in [1.54, 1.807) is 19.2 Å². The third kappa shape index (κ3) is 2.51. The van der Waals surface area contributed by atoms with Crippen molar-refractivity contribution in [2.75, 3.05) is 7.05 Å². The molecule has 0 aliphatic rings. The molecule has 0 aliphatic carbocycles. The Kier molecular flexibility index (Phi) is 3.61. The molecule has 0 bridgehead atoms. The smallest absolute Gasteiger partial charge is 0.251 e. The van der Waals surface area contributed by atoms with Gasteiger partial charge in [-0.2, -0.15) is 0 Å². The fraction of sp³-hybridized carbons (Fsp3) is 0.308. The second kappa shape index (κ2) is 5.02. The fourth-order valence-corrected chi connectivity index (χ4v) is 2.11. The Labute approximate surface area is 113 Å². The molecule has 1 N–H and O–H groups in total. The zero-order chi connectivity index (χ0) is 13.3. The number of benzene rings is 1. The third-order valence-corrected chi connectivity index (χ3v) is 2.81. The Bertz CT molecular complexity index is 589. The Morgan fingerprint density at radius 3 is 2.72 bits per heavy atom. The quantitative estimate of drug-likeness (QED) is 0.945. The SMILES string of the molecule is CNC(=O)c1cc(OC(C)C)c2cc(Br)oc2c1. The highest BCUT2D eigenvalue weighted by molar-refractivity contribution is 9.10. The molecule has 0 spiro atoms. The normalized spacial score (nSPS) is 10.9. The molecule has 96 valence electrons. The second-order valence-corrected chi connectivity index (χ2v) is 4.96. The van der Waals surface area contributed by atoms with E-state index >= 15 is 0 Å². The maximum absolute atomic E-state index is 11.7. The minimum atomic E-state index is -0.168. The van der Waals surface area contributed by atoms with Crippen molar-refractivity contribution < 1.29 is 13.9 Å². The summed E-state index contributed by atoms with van der Waals surface area (Å²) in [5.74, 6) is 0.480. The summed E-state index contributed by atoms with van der Waals surface area (Å²) in [6, 6.07) is 5.26. The van der Waals surface area contributed by atoms with Crippen molar-refractivity contribution in [1.82, 2.24) is 5.32 Å². The topological polar surface area (TPSA) is 51.5 Å².